The number of aromatic nitrogens is 1. The third-order valence-electron chi connectivity index (χ3n) is 7.31. The maximum Gasteiger partial charge on any atom is 0.414 e. The topological polar surface area (TPSA) is 113 Å². The van der Waals surface area contributed by atoms with E-state index in [-0.39, 0.29) is 24.1 Å². The van der Waals surface area contributed by atoms with Gasteiger partial charge in [0.15, 0.2) is 0 Å². The Morgan fingerprint density at radius 1 is 1.16 bits per heavy atom. The number of rotatable bonds is 6. The molecule has 1 aromatic heterocycles. The minimum absolute atomic E-state index is 0.0621. The molecular formula is C27H28N4O6S. The number of aliphatic hydroxyl groups is 1. The van der Waals surface area contributed by atoms with Crippen LogP contribution in [0.3, 0.4) is 0 Å². The van der Waals surface area contributed by atoms with Crippen molar-refractivity contribution in [3.05, 3.63) is 58.9 Å². The van der Waals surface area contributed by atoms with E-state index < -0.39 is 11.7 Å². The molecule has 2 aromatic carbocycles. The first-order valence-corrected chi connectivity index (χ1v) is 13.5. The summed E-state index contributed by atoms with van der Waals surface area (Å²) in [6, 6.07) is 14.4. The Labute approximate surface area is 223 Å². The third kappa shape index (κ3) is 4.72. The van der Waals surface area contributed by atoms with Crippen molar-refractivity contribution in [1.29, 1.82) is 0 Å². The van der Waals surface area contributed by atoms with Gasteiger partial charge in [-0.05, 0) is 48.2 Å². The number of cyclic esters (lactones) is 1. The van der Waals surface area contributed by atoms with Crippen LogP contribution in [0.2, 0.25) is 0 Å². The summed E-state index contributed by atoms with van der Waals surface area (Å²) >= 11 is 1.47. The number of methoxy groups -OCH3 is 1. The largest absolute Gasteiger partial charge is 0.497 e. The lowest BCUT2D eigenvalue weighted by Gasteiger charge is -2.26. The molecule has 0 saturated carbocycles. The molecule has 0 spiro atoms. The number of ether oxygens (including phenoxy) is 2. The average molecular weight is 537 g/mol. The molecule has 38 heavy (non-hydrogen) atoms. The smallest absolute Gasteiger partial charge is 0.414 e. The molecule has 3 aliphatic heterocycles. The third-order valence-corrected chi connectivity index (χ3v) is 8.38. The predicted octanol–water partition coefficient (Wildman–Crippen LogP) is 2.52. The molecule has 0 radical (unpaired) electrons. The molecule has 2 amide bonds. The molecule has 6 rings (SSSR count). The standard InChI is InChI=1S/C27H28N4O6S/c1-36-19-5-2-17-3-7-25(33)31(22(17)11-19)16-27(35)8-9-29(15-27)12-20-13-30(26(34)37-20)18-4-6-23-21(10-18)28-24(32)14-38-23/h2-7,10-11,20,35H,8-9,12-16H2,1H3,(H,28,32)/t20?,27-/m1/s1. The molecule has 11 heteroatoms. The lowest BCUT2D eigenvalue weighted by Crippen LogP contribution is -2.42. The molecule has 2 fully saturated rings. The van der Waals surface area contributed by atoms with E-state index in [9.17, 15) is 19.5 Å². The molecule has 2 N–H and O–H groups in total. The van der Waals surface area contributed by atoms with Crippen molar-refractivity contribution in [2.75, 3.05) is 49.3 Å². The van der Waals surface area contributed by atoms with Crippen LogP contribution in [0.1, 0.15) is 6.42 Å². The molecular weight excluding hydrogens is 508 g/mol. The maximum atomic E-state index is 12.7. The Morgan fingerprint density at radius 2 is 2.00 bits per heavy atom. The number of β-amino-alcohol motifs (C(OH)–C–C–N with tert-alkyl or cyclic N) is 1. The van der Waals surface area contributed by atoms with Gasteiger partial charge in [-0.2, -0.15) is 0 Å². The first-order valence-electron chi connectivity index (χ1n) is 12.5. The summed E-state index contributed by atoms with van der Waals surface area (Å²) in [4.78, 5) is 41.8. The first-order chi connectivity index (χ1) is 18.3. The van der Waals surface area contributed by atoms with Crippen molar-refractivity contribution in [3.63, 3.8) is 0 Å². The van der Waals surface area contributed by atoms with Gasteiger partial charge in [-0.25, -0.2) is 4.79 Å². The van der Waals surface area contributed by atoms with Crippen LogP contribution in [-0.4, -0.2) is 77.3 Å². The highest BCUT2D eigenvalue weighted by Gasteiger charge is 2.40. The summed E-state index contributed by atoms with van der Waals surface area (Å²) < 4.78 is 12.6. The monoisotopic (exact) mass is 536 g/mol. The number of pyridine rings is 1. The van der Waals surface area contributed by atoms with E-state index in [4.69, 9.17) is 9.47 Å². The van der Waals surface area contributed by atoms with E-state index >= 15 is 0 Å². The van der Waals surface area contributed by atoms with Crippen molar-refractivity contribution in [1.82, 2.24) is 9.47 Å². The van der Waals surface area contributed by atoms with E-state index in [1.54, 1.807) is 28.7 Å². The fourth-order valence-corrected chi connectivity index (χ4v) is 6.22. The van der Waals surface area contributed by atoms with Gasteiger partial charge < -0.3 is 24.5 Å². The van der Waals surface area contributed by atoms with E-state index in [2.05, 4.69) is 10.2 Å². The Balaban J connectivity index is 1.13. The van der Waals surface area contributed by atoms with Crippen molar-refractivity contribution in [2.24, 2.45) is 0 Å². The second-order valence-electron chi connectivity index (χ2n) is 10.0. The quantitative estimate of drug-likeness (QED) is 0.494. The maximum absolute atomic E-state index is 12.7. The molecule has 3 aromatic rings. The van der Waals surface area contributed by atoms with E-state index in [0.717, 1.165) is 10.3 Å². The number of anilines is 2. The number of thioether (sulfide) groups is 1. The number of hydrogen-bond acceptors (Lipinski definition) is 8. The van der Waals surface area contributed by atoms with Gasteiger partial charge in [0.05, 0.1) is 42.8 Å². The second-order valence-corrected chi connectivity index (χ2v) is 11.0. The number of nitrogens with zero attached hydrogens (tertiary/aromatic N) is 3. The molecule has 2 saturated heterocycles. The van der Waals surface area contributed by atoms with Gasteiger partial charge in [-0.1, -0.05) is 0 Å². The molecule has 1 unspecified atom stereocenters. The molecule has 10 nitrogen and oxygen atoms in total. The van der Waals surface area contributed by atoms with Gasteiger partial charge in [0.25, 0.3) is 5.56 Å². The number of carbonyl (C=O) groups excluding carboxylic acids is 2. The van der Waals surface area contributed by atoms with Crippen LogP contribution in [0.25, 0.3) is 10.9 Å². The summed E-state index contributed by atoms with van der Waals surface area (Å²) in [7, 11) is 1.58. The average Bonchev–Trinajstić information content (AvgIpc) is 3.46. The molecule has 0 bridgehead atoms. The van der Waals surface area contributed by atoms with E-state index in [0.29, 0.717) is 61.0 Å². The fourth-order valence-electron chi connectivity index (χ4n) is 5.43. The van der Waals surface area contributed by atoms with Gasteiger partial charge in [-0.3, -0.25) is 19.4 Å². The summed E-state index contributed by atoms with van der Waals surface area (Å²) in [6.07, 6.45) is -0.309. The predicted molar refractivity (Wildman–Crippen MR) is 144 cm³/mol. The lowest BCUT2D eigenvalue weighted by atomic mass is 10.0. The summed E-state index contributed by atoms with van der Waals surface area (Å²) in [5, 5.41) is 15.2. The Kier molecular flexibility index (Phi) is 6.29. The van der Waals surface area contributed by atoms with Crippen LogP contribution < -0.4 is 20.5 Å². The highest BCUT2D eigenvalue weighted by molar-refractivity contribution is 8.00. The summed E-state index contributed by atoms with van der Waals surface area (Å²) in [5.74, 6) is 0.962. The zero-order valence-electron chi connectivity index (χ0n) is 20.9. The molecule has 198 valence electrons. The van der Waals surface area contributed by atoms with Gasteiger partial charge in [0, 0.05) is 42.3 Å². The van der Waals surface area contributed by atoms with E-state index in [1.807, 2.05) is 30.3 Å². The van der Waals surface area contributed by atoms with Gasteiger partial charge in [0.2, 0.25) is 5.91 Å². The summed E-state index contributed by atoms with van der Waals surface area (Å²) in [6.45, 7) is 1.98. The zero-order chi connectivity index (χ0) is 26.4. The van der Waals surface area contributed by atoms with Crippen molar-refractivity contribution in [3.8, 4) is 5.75 Å². The number of carbonyl (C=O) groups is 2. The molecule has 0 aliphatic carbocycles. The summed E-state index contributed by atoms with van der Waals surface area (Å²) in [5.41, 5.74) is 0.799. The zero-order valence-corrected chi connectivity index (χ0v) is 21.7. The van der Waals surface area contributed by atoms with Crippen molar-refractivity contribution in [2.45, 2.75) is 29.6 Å². The number of likely N-dealkylation sites (tertiary alicyclic amines) is 1. The number of hydrogen-bond donors (Lipinski definition) is 2. The van der Waals surface area contributed by atoms with Crippen LogP contribution in [-0.2, 0) is 16.1 Å². The van der Waals surface area contributed by atoms with Crippen molar-refractivity contribution < 1.29 is 24.2 Å². The van der Waals surface area contributed by atoms with Gasteiger partial charge in [-0.15, -0.1) is 11.8 Å². The molecule has 2 atom stereocenters. The van der Waals surface area contributed by atoms with Crippen LogP contribution in [0.5, 0.6) is 5.75 Å². The number of amides is 2. The van der Waals surface area contributed by atoms with Crippen molar-refractivity contribution >= 4 is 46.0 Å². The minimum Gasteiger partial charge on any atom is -0.497 e. The van der Waals surface area contributed by atoms with Crippen LogP contribution in [0.15, 0.2) is 58.2 Å². The Morgan fingerprint density at radius 3 is 2.84 bits per heavy atom. The minimum atomic E-state index is -1.10. The Bertz CT molecular complexity index is 1490. The highest BCUT2D eigenvalue weighted by Crippen LogP contribution is 2.36. The molecule has 3 aliphatic rings. The van der Waals surface area contributed by atoms with Crippen LogP contribution >= 0.6 is 11.8 Å². The van der Waals surface area contributed by atoms with Crippen LogP contribution in [0, 0.1) is 0 Å². The number of nitrogens with one attached hydrogen (secondary N) is 1. The fraction of sp³-hybridized carbons (Fsp3) is 0.370. The number of benzene rings is 2. The highest BCUT2D eigenvalue weighted by atomic mass is 32.2. The van der Waals surface area contributed by atoms with E-state index in [1.165, 1.54) is 17.8 Å². The lowest BCUT2D eigenvalue weighted by molar-refractivity contribution is -0.113. The number of fused-ring (bicyclic) bond motifs is 2. The molecule has 4 heterocycles. The first kappa shape index (κ1) is 24.8. The van der Waals surface area contributed by atoms with Gasteiger partial charge >= 0.3 is 6.09 Å². The second kappa shape index (κ2) is 9.64. The Hall–Kier alpha value is -3.54. The SMILES string of the molecule is COc1ccc2ccc(=O)n(C[C@@]3(O)CCN(CC4CN(c5ccc6c(c5)NC(=O)CS6)C(=O)O4)C3)c2c1. The van der Waals surface area contributed by atoms with Crippen LogP contribution in [0.4, 0.5) is 16.2 Å². The van der Waals surface area contributed by atoms with Gasteiger partial charge in [0.1, 0.15) is 11.9 Å². The normalized spacial score (nSPS) is 23.4.